The molecule has 1 heterocycles. The molecule has 0 aliphatic carbocycles. The molecule has 1 aromatic heterocycles. The molecule has 0 unspecified atom stereocenters. The molecule has 0 spiro atoms. The van der Waals surface area contributed by atoms with Crippen LogP contribution in [-0.2, 0) is 0 Å². The lowest BCUT2D eigenvalue weighted by atomic mass is 10.2. The van der Waals surface area contributed by atoms with Gasteiger partial charge in [-0.2, -0.15) is 0 Å². The molecule has 21 heavy (non-hydrogen) atoms. The summed E-state index contributed by atoms with van der Waals surface area (Å²) in [7, 11) is 0. The summed E-state index contributed by atoms with van der Waals surface area (Å²) >= 11 is 1.59. The molecule has 2 rings (SSSR count). The zero-order chi connectivity index (χ0) is 15.4. The zero-order valence-electron chi connectivity index (χ0n) is 12.1. The number of aromatic carboxylic acids is 1. The maximum Gasteiger partial charge on any atom is 0.356 e. The number of nitrogens with zero attached hydrogens (tertiary/aromatic N) is 2. The second kappa shape index (κ2) is 6.58. The topological polar surface area (TPSA) is 75.1 Å². The molecular formula is C15H17N3O2S. The molecule has 0 amide bonds. The summed E-state index contributed by atoms with van der Waals surface area (Å²) in [5.41, 5.74) is 1.23. The van der Waals surface area contributed by atoms with E-state index < -0.39 is 5.97 Å². The van der Waals surface area contributed by atoms with Crippen LogP contribution in [0.2, 0.25) is 0 Å². The zero-order valence-corrected chi connectivity index (χ0v) is 12.9. The molecule has 2 aromatic rings. The molecule has 0 radical (unpaired) electrons. The third-order valence-corrected chi connectivity index (χ3v) is 3.70. The van der Waals surface area contributed by atoms with Crippen molar-refractivity contribution in [2.75, 3.05) is 11.6 Å². The van der Waals surface area contributed by atoms with Gasteiger partial charge in [0.1, 0.15) is 5.82 Å². The number of aromatic nitrogens is 2. The summed E-state index contributed by atoms with van der Waals surface area (Å²) < 4.78 is 0. The summed E-state index contributed by atoms with van der Waals surface area (Å²) in [4.78, 5) is 20.8. The first-order valence-corrected chi connectivity index (χ1v) is 7.75. The van der Waals surface area contributed by atoms with Gasteiger partial charge in [-0.25, -0.2) is 14.8 Å². The van der Waals surface area contributed by atoms with Gasteiger partial charge in [0.25, 0.3) is 0 Å². The lowest BCUT2D eigenvalue weighted by Gasteiger charge is -2.13. The molecule has 0 saturated heterocycles. The number of hydrogen-bond donors (Lipinski definition) is 2. The summed E-state index contributed by atoms with van der Waals surface area (Å²) in [6, 6.07) is 7.70. The number of para-hydroxylation sites is 1. The van der Waals surface area contributed by atoms with Gasteiger partial charge >= 0.3 is 5.97 Å². The molecular weight excluding hydrogens is 286 g/mol. The molecule has 2 N–H and O–H groups in total. The average molecular weight is 303 g/mol. The smallest absolute Gasteiger partial charge is 0.356 e. The van der Waals surface area contributed by atoms with Gasteiger partial charge in [0.15, 0.2) is 5.69 Å². The van der Waals surface area contributed by atoms with Crippen molar-refractivity contribution in [1.29, 1.82) is 0 Å². The highest BCUT2D eigenvalue weighted by Crippen LogP contribution is 2.28. The number of hydrogen-bond acceptors (Lipinski definition) is 5. The quantitative estimate of drug-likeness (QED) is 0.819. The Balaban J connectivity index is 2.42. The molecule has 0 aliphatic rings. The van der Waals surface area contributed by atoms with Crippen molar-refractivity contribution in [3.8, 4) is 0 Å². The minimum atomic E-state index is -1.07. The van der Waals surface area contributed by atoms with Crippen LogP contribution in [0, 0.1) is 0 Å². The van der Waals surface area contributed by atoms with Gasteiger partial charge in [0, 0.05) is 10.8 Å². The Morgan fingerprint density at radius 1 is 1.29 bits per heavy atom. The number of carboxylic acids is 1. The number of rotatable bonds is 5. The van der Waals surface area contributed by atoms with Gasteiger partial charge in [-0.3, -0.25) is 0 Å². The Morgan fingerprint density at radius 2 is 2.00 bits per heavy atom. The van der Waals surface area contributed by atoms with Crippen LogP contribution in [0.4, 0.5) is 11.4 Å². The van der Waals surface area contributed by atoms with E-state index in [0.29, 0.717) is 11.5 Å². The van der Waals surface area contributed by atoms with E-state index in [1.165, 1.54) is 6.20 Å². The highest BCUT2D eigenvalue weighted by Gasteiger charge is 2.16. The fourth-order valence-electron chi connectivity index (χ4n) is 1.82. The molecule has 1 aromatic carbocycles. The van der Waals surface area contributed by atoms with Gasteiger partial charge in [0.05, 0.1) is 17.6 Å². The second-order valence-corrected chi connectivity index (χ2v) is 5.62. The standard InChI is InChI=1S/C15H17N3O2S/c1-9(2)14-16-8-11(13(18-14)15(19)20)17-10-6-4-5-7-12(10)21-3/h4-9,17H,1-3H3,(H,19,20). The van der Waals surface area contributed by atoms with Crippen LogP contribution in [0.15, 0.2) is 35.4 Å². The molecule has 6 heteroatoms. The van der Waals surface area contributed by atoms with Crippen molar-refractivity contribution in [2.45, 2.75) is 24.7 Å². The SMILES string of the molecule is CSc1ccccc1Nc1cnc(C(C)C)nc1C(=O)O. The monoisotopic (exact) mass is 303 g/mol. The van der Waals surface area contributed by atoms with Gasteiger partial charge in [-0.05, 0) is 18.4 Å². The first-order valence-electron chi connectivity index (χ1n) is 6.53. The second-order valence-electron chi connectivity index (χ2n) is 4.78. The summed E-state index contributed by atoms with van der Waals surface area (Å²) in [5.74, 6) is -0.463. The fourth-order valence-corrected chi connectivity index (χ4v) is 2.37. The summed E-state index contributed by atoms with van der Waals surface area (Å²) in [5, 5.41) is 12.5. The predicted molar refractivity (Wildman–Crippen MR) is 84.6 cm³/mol. The van der Waals surface area contributed by atoms with Gasteiger partial charge < -0.3 is 10.4 Å². The van der Waals surface area contributed by atoms with Gasteiger partial charge in [-0.1, -0.05) is 26.0 Å². The van der Waals surface area contributed by atoms with Crippen molar-refractivity contribution in [3.63, 3.8) is 0 Å². The van der Waals surface area contributed by atoms with Crippen LogP contribution in [-0.4, -0.2) is 27.3 Å². The van der Waals surface area contributed by atoms with E-state index in [2.05, 4.69) is 15.3 Å². The Hall–Kier alpha value is -2.08. The third-order valence-electron chi connectivity index (χ3n) is 2.90. The largest absolute Gasteiger partial charge is 0.476 e. The van der Waals surface area contributed by atoms with Crippen LogP contribution in [0.3, 0.4) is 0 Å². The van der Waals surface area contributed by atoms with E-state index in [-0.39, 0.29) is 11.6 Å². The molecule has 0 bridgehead atoms. The van der Waals surface area contributed by atoms with Gasteiger partial charge in [0.2, 0.25) is 0 Å². The summed E-state index contributed by atoms with van der Waals surface area (Å²) in [6.45, 7) is 3.86. The van der Waals surface area contributed by atoms with Crippen molar-refractivity contribution < 1.29 is 9.90 Å². The minimum absolute atomic E-state index is 0.00962. The van der Waals surface area contributed by atoms with Crippen molar-refractivity contribution >= 4 is 29.1 Å². The highest BCUT2D eigenvalue weighted by atomic mass is 32.2. The van der Waals surface area contributed by atoms with Crippen molar-refractivity contribution in [3.05, 3.63) is 42.0 Å². The van der Waals surface area contributed by atoms with Crippen LogP contribution in [0.25, 0.3) is 0 Å². The Bertz CT molecular complexity index is 659. The van der Waals surface area contributed by atoms with Gasteiger partial charge in [-0.15, -0.1) is 11.8 Å². The van der Waals surface area contributed by atoms with E-state index >= 15 is 0 Å². The van der Waals surface area contributed by atoms with E-state index in [0.717, 1.165) is 10.6 Å². The molecule has 0 saturated carbocycles. The fraction of sp³-hybridized carbons (Fsp3) is 0.267. The molecule has 0 fully saturated rings. The maximum absolute atomic E-state index is 11.4. The lowest BCUT2D eigenvalue weighted by molar-refractivity contribution is 0.0691. The number of carboxylic acid groups (broad SMARTS) is 1. The first kappa shape index (κ1) is 15.3. The van der Waals surface area contributed by atoms with E-state index in [9.17, 15) is 9.90 Å². The molecule has 5 nitrogen and oxygen atoms in total. The lowest BCUT2D eigenvalue weighted by Crippen LogP contribution is -2.10. The van der Waals surface area contributed by atoms with E-state index in [4.69, 9.17) is 0 Å². The number of benzene rings is 1. The van der Waals surface area contributed by atoms with Crippen LogP contribution >= 0.6 is 11.8 Å². The predicted octanol–water partition coefficient (Wildman–Crippen LogP) is 3.76. The summed E-state index contributed by atoms with van der Waals surface area (Å²) in [6.07, 6.45) is 3.50. The number of nitrogens with one attached hydrogen (secondary N) is 1. The normalized spacial score (nSPS) is 10.7. The van der Waals surface area contributed by atoms with Crippen LogP contribution in [0.1, 0.15) is 36.1 Å². The Kier molecular flexibility index (Phi) is 4.80. The van der Waals surface area contributed by atoms with Crippen LogP contribution < -0.4 is 5.32 Å². The van der Waals surface area contributed by atoms with Crippen molar-refractivity contribution in [2.24, 2.45) is 0 Å². The minimum Gasteiger partial charge on any atom is -0.476 e. The highest BCUT2D eigenvalue weighted by molar-refractivity contribution is 7.98. The molecule has 0 aliphatic heterocycles. The maximum atomic E-state index is 11.4. The number of thioether (sulfide) groups is 1. The van der Waals surface area contributed by atoms with E-state index in [1.54, 1.807) is 11.8 Å². The van der Waals surface area contributed by atoms with E-state index in [1.807, 2.05) is 44.4 Å². The number of carbonyl (C=O) groups is 1. The number of anilines is 2. The average Bonchev–Trinajstić information content (AvgIpc) is 2.47. The third kappa shape index (κ3) is 3.52. The van der Waals surface area contributed by atoms with Crippen LogP contribution in [0.5, 0.6) is 0 Å². The Morgan fingerprint density at radius 3 is 2.62 bits per heavy atom. The molecule has 0 atom stereocenters. The van der Waals surface area contributed by atoms with Crippen molar-refractivity contribution in [1.82, 2.24) is 9.97 Å². The Labute approximate surface area is 127 Å². The first-order chi connectivity index (χ1) is 10.0. The molecule has 110 valence electrons.